The molecule has 3 rings (SSSR count). The lowest BCUT2D eigenvalue weighted by Gasteiger charge is -2.25. The minimum atomic E-state index is -0.483. The van der Waals surface area contributed by atoms with E-state index in [0.29, 0.717) is 23.2 Å². The summed E-state index contributed by atoms with van der Waals surface area (Å²) in [5, 5.41) is 11.4. The van der Waals surface area contributed by atoms with Gasteiger partial charge >= 0.3 is 0 Å². The van der Waals surface area contributed by atoms with Gasteiger partial charge in [0.05, 0.1) is 11.6 Å². The van der Waals surface area contributed by atoms with E-state index in [2.05, 4.69) is 15.3 Å². The van der Waals surface area contributed by atoms with Crippen LogP contribution in [-0.4, -0.2) is 23.0 Å². The van der Waals surface area contributed by atoms with E-state index in [0.717, 1.165) is 0 Å². The molecule has 26 heavy (non-hydrogen) atoms. The Morgan fingerprint density at radius 3 is 2.88 bits per heavy atom. The van der Waals surface area contributed by atoms with E-state index in [1.54, 1.807) is 0 Å². The molecule has 0 bridgehead atoms. The summed E-state index contributed by atoms with van der Waals surface area (Å²) in [6.45, 7) is 1.83. The fraction of sp³-hybridized carbons (Fsp3) is 0.222. The molecule has 0 aliphatic carbocycles. The van der Waals surface area contributed by atoms with Crippen LogP contribution in [0.2, 0.25) is 0 Å². The molecular formula is C18H16FN5O2. The third-order valence-corrected chi connectivity index (χ3v) is 3.90. The second-order valence-electron chi connectivity index (χ2n) is 5.88. The van der Waals surface area contributed by atoms with Crippen molar-refractivity contribution in [1.29, 1.82) is 5.26 Å². The molecule has 7 nitrogen and oxygen atoms in total. The number of pyridine rings is 1. The maximum absolute atomic E-state index is 14.2. The number of nitrogens with zero attached hydrogens (tertiary/aromatic N) is 3. The van der Waals surface area contributed by atoms with Gasteiger partial charge in [0.15, 0.2) is 0 Å². The number of rotatable bonds is 3. The molecule has 0 radical (unpaired) electrons. The Balaban J connectivity index is 1.82. The Hall–Kier alpha value is -3.47. The molecule has 1 aromatic carbocycles. The molecule has 1 aliphatic rings. The molecule has 2 aromatic rings. The number of aliphatic imine (C=N–C) groups is 1. The zero-order valence-corrected chi connectivity index (χ0v) is 13.9. The number of ether oxygens (including phenoxy) is 1. The number of carbonyl (C=O) groups is 1. The molecule has 132 valence electrons. The summed E-state index contributed by atoms with van der Waals surface area (Å²) < 4.78 is 19.5. The summed E-state index contributed by atoms with van der Waals surface area (Å²) in [6, 6.07) is 8.66. The van der Waals surface area contributed by atoms with Crippen LogP contribution in [0.25, 0.3) is 0 Å². The van der Waals surface area contributed by atoms with E-state index < -0.39 is 17.8 Å². The topological polar surface area (TPSA) is 113 Å². The first-order chi connectivity index (χ1) is 12.5. The lowest BCUT2D eigenvalue weighted by atomic mass is 9.99. The average Bonchev–Trinajstić information content (AvgIpc) is 2.62. The Morgan fingerprint density at radius 2 is 2.23 bits per heavy atom. The standard InChI is InChI=1S/C18H16FN5O2/c1-10-6-16(24-18(21)26-10)13-7-12(3-4-14(13)19)23-17(25)15-5-2-11(8-20)9-22-15/h2-5,7,9-10,16H,6H2,1H3,(H2,21,24)(H,23,25). The van der Waals surface area contributed by atoms with Gasteiger partial charge in [-0.15, -0.1) is 0 Å². The number of hydrogen-bond acceptors (Lipinski definition) is 6. The highest BCUT2D eigenvalue weighted by Crippen LogP contribution is 2.31. The summed E-state index contributed by atoms with van der Waals surface area (Å²) in [5.74, 6) is -0.898. The second kappa shape index (κ2) is 7.19. The highest BCUT2D eigenvalue weighted by Gasteiger charge is 2.24. The number of nitriles is 1. The third kappa shape index (κ3) is 3.78. The molecule has 0 saturated heterocycles. The van der Waals surface area contributed by atoms with Crippen molar-refractivity contribution >= 4 is 17.6 Å². The average molecular weight is 353 g/mol. The van der Waals surface area contributed by atoms with E-state index in [-0.39, 0.29) is 17.8 Å². The minimum absolute atomic E-state index is 0.0179. The van der Waals surface area contributed by atoms with Gasteiger partial charge in [0.1, 0.15) is 23.7 Å². The van der Waals surface area contributed by atoms with Gasteiger partial charge in [0.2, 0.25) is 0 Å². The van der Waals surface area contributed by atoms with Gasteiger partial charge in [-0.05, 0) is 37.3 Å². The molecule has 3 N–H and O–H groups in total. The molecule has 0 fully saturated rings. The van der Waals surface area contributed by atoms with Crippen molar-refractivity contribution in [3.63, 3.8) is 0 Å². The van der Waals surface area contributed by atoms with Crippen LogP contribution in [0, 0.1) is 17.1 Å². The Morgan fingerprint density at radius 1 is 1.42 bits per heavy atom. The highest BCUT2D eigenvalue weighted by atomic mass is 19.1. The van der Waals surface area contributed by atoms with Crippen molar-refractivity contribution in [2.24, 2.45) is 10.7 Å². The molecule has 1 amide bonds. The number of carbonyl (C=O) groups excluding carboxylic acids is 1. The molecule has 0 saturated carbocycles. The zero-order valence-electron chi connectivity index (χ0n) is 13.9. The van der Waals surface area contributed by atoms with Gasteiger partial charge in [0.25, 0.3) is 11.9 Å². The molecule has 2 atom stereocenters. The summed E-state index contributed by atoms with van der Waals surface area (Å²) in [4.78, 5) is 20.3. The van der Waals surface area contributed by atoms with Crippen LogP contribution >= 0.6 is 0 Å². The summed E-state index contributed by atoms with van der Waals surface area (Å²) in [7, 11) is 0. The molecule has 8 heteroatoms. The fourth-order valence-electron chi connectivity index (χ4n) is 2.67. The number of anilines is 1. The molecule has 1 aromatic heterocycles. The van der Waals surface area contributed by atoms with Crippen LogP contribution in [-0.2, 0) is 4.74 Å². The highest BCUT2D eigenvalue weighted by molar-refractivity contribution is 6.02. The van der Waals surface area contributed by atoms with Gasteiger partial charge in [0, 0.05) is 23.9 Å². The van der Waals surface area contributed by atoms with Crippen molar-refractivity contribution in [3.8, 4) is 6.07 Å². The lowest BCUT2D eigenvalue weighted by molar-refractivity contribution is 0.102. The van der Waals surface area contributed by atoms with Gasteiger partial charge in [-0.1, -0.05) is 0 Å². The first-order valence-electron chi connectivity index (χ1n) is 7.93. The Bertz CT molecular complexity index is 905. The quantitative estimate of drug-likeness (QED) is 0.880. The van der Waals surface area contributed by atoms with E-state index in [1.165, 1.54) is 36.5 Å². The van der Waals surface area contributed by atoms with Gasteiger partial charge in [-0.2, -0.15) is 5.26 Å². The SMILES string of the molecule is CC1CC(c2cc(NC(=O)c3ccc(C#N)cn3)ccc2F)N=C(N)O1. The number of halogens is 1. The number of hydrogen-bond donors (Lipinski definition) is 2. The predicted octanol–water partition coefficient (Wildman–Crippen LogP) is 2.51. The molecule has 1 aliphatic heterocycles. The lowest BCUT2D eigenvalue weighted by Crippen LogP contribution is -2.29. The van der Waals surface area contributed by atoms with Crippen LogP contribution in [0.15, 0.2) is 41.5 Å². The predicted molar refractivity (Wildman–Crippen MR) is 92.8 cm³/mol. The van der Waals surface area contributed by atoms with Gasteiger partial charge in [-0.25, -0.2) is 14.4 Å². The number of aromatic nitrogens is 1. The number of amidine groups is 1. The van der Waals surface area contributed by atoms with Crippen LogP contribution in [0.5, 0.6) is 0 Å². The van der Waals surface area contributed by atoms with E-state index in [4.69, 9.17) is 15.7 Å². The van der Waals surface area contributed by atoms with Crippen LogP contribution in [0.4, 0.5) is 10.1 Å². The Labute approximate surface area is 149 Å². The molecular weight excluding hydrogens is 337 g/mol. The monoisotopic (exact) mass is 353 g/mol. The minimum Gasteiger partial charge on any atom is -0.462 e. The van der Waals surface area contributed by atoms with Crippen molar-refractivity contribution in [3.05, 3.63) is 59.2 Å². The van der Waals surface area contributed by atoms with E-state index >= 15 is 0 Å². The number of nitrogens with one attached hydrogen (secondary N) is 1. The first-order valence-corrected chi connectivity index (χ1v) is 7.93. The summed E-state index contributed by atoms with van der Waals surface area (Å²) >= 11 is 0. The van der Waals surface area contributed by atoms with Gasteiger partial charge < -0.3 is 15.8 Å². The Kier molecular flexibility index (Phi) is 4.80. The van der Waals surface area contributed by atoms with Crippen molar-refractivity contribution in [2.75, 3.05) is 5.32 Å². The second-order valence-corrected chi connectivity index (χ2v) is 5.88. The molecule has 0 spiro atoms. The van der Waals surface area contributed by atoms with E-state index in [1.807, 2.05) is 13.0 Å². The maximum Gasteiger partial charge on any atom is 0.282 e. The molecule has 2 heterocycles. The normalized spacial score (nSPS) is 19.0. The molecule has 2 unspecified atom stereocenters. The fourth-order valence-corrected chi connectivity index (χ4v) is 2.67. The van der Waals surface area contributed by atoms with Crippen LogP contribution in [0.3, 0.4) is 0 Å². The van der Waals surface area contributed by atoms with Crippen molar-refractivity contribution < 1.29 is 13.9 Å². The number of nitrogens with two attached hydrogens (primary N) is 1. The summed E-state index contributed by atoms with van der Waals surface area (Å²) in [6.07, 6.45) is 1.61. The third-order valence-electron chi connectivity index (χ3n) is 3.90. The smallest absolute Gasteiger partial charge is 0.282 e. The maximum atomic E-state index is 14.2. The van der Waals surface area contributed by atoms with Crippen LogP contribution < -0.4 is 11.1 Å². The summed E-state index contributed by atoms with van der Waals surface area (Å²) in [5.41, 5.74) is 6.87. The number of benzene rings is 1. The first kappa shape index (κ1) is 17.4. The van der Waals surface area contributed by atoms with Crippen molar-refractivity contribution in [2.45, 2.75) is 25.5 Å². The van der Waals surface area contributed by atoms with E-state index in [9.17, 15) is 9.18 Å². The number of amides is 1. The largest absolute Gasteiger partial charge is 0.462 e. The van der Waals surface area contributed by atoms with Gasteiger partial charge in [-0.3, -0.25) is 4.79 Å². The van der Waals surface area contributed by atoms with Crippen molar-refractivity contribution in [1.82, 2.24) is 4.98 Å². The van der Waals surface area contributed by atoms with Crippen LogP contribution in [0.1, 0.15) is 41.0 Å². The zero-order chi connectivity index (χ0) is 18.7.